The van der Waals surface area contributed by atoms with Crippen LogP contribution in [-0.2, 0) is 5.54 Å². The third-order valence-electron chi connectivity index (χ3n) is 3.94. The van der Waals surface area contributed by atoms with E-state index in [0.29, 0.717) is 6.61 Å². The van der Waals surface area contributed by atoms with E-state index in [2.05, 4.69) is 26.0 Å². The molecular formula is C15H23NO. The van der Waals surface area contributed by atoms with Crippen LogP contribution in [0, 0.1) is 11.8 Å². The zero-order valence-electron chi connectivity index (χ0n) is 11.1. The summed E-state index contributed by atoms with van der Waals surface area (Å²) in [5.74, 6) is 2.46. The van der Waals surface area contributed by atoms with Crippen molar-refractivity contribution in [3.63, 3.8) is 0 Å². The van der Waals surface area contributed by atoms with Gasteiger partial charge in [0.25, 0.3) is 0 Å². The Morgan fingerprint density at radius 3 is 2.35 bits per heavy atom. The van der Waals surface area contributed by atoms with Crippen LogP contribution in [-0.4, -0.2) is 6.61 Å². The van der Waals surface area contributed by atoms with Crippen LogP contribution >= 0.6 is 0 Å². The minimum Gasteiger partial charge on any atom is -0.494 e. The molecular weight excluding hydrogens is 210 g/mol. The fourth-order valence-electron chi connectivity index (χ4n) is 2.63. The highest BCUT2D eigenvalue weighted by Crippen LogP contribution is 2.46. The summed E-state index contributed by atoms with van der Waals surface area (Å²) < 4.78 is 5.44. The summed E-state index contributed by atoms with van der Waals surface area (Å²) in [5.41, 5.74) is 7.59. The Balaban J connectivity index is 2.03. The molecule has 2 rings (SSSR count). The standard InChI is InChI=1S/C15H23NO/c1-4-17-14-7-5-13(6-8-14)15(16)9-12(10-15)11(2)3/h5-8,11-12H,4,9-10,16H2,1-3H3. The summed E-state index contributed by atoms with van der Waals surface area (Å²) >= 11 is 0. The maximum Gasteiger partial charge on any atom is 0.119 e. The molecule has 1 aliphatic carbocycles. The summed E-state index contributed by atoms with van der Waals surface area (Å²) in [5, 5.41) is 0. The highest BCUT2D eigenvalue weighted by atomic mass is 16.5. The van der Waals surface area contributed by atoms with Crippen molar-refractivity contribution < 1.29 is 4.74 Å². The lowest BCUT2D eigenvalue weighted by molar-refractivity contribution is 0.105. The van der Waals surface area contributed by atoms with Gasteiger partial charge in [0.1, 0.15) is 5.75 Å². The van der Waals surface area contributed by atoms with E-state index in [1.165, 1.54) is 5.56 Å². The van der Waals surface area contributed by atoms with Gasteiger partial charge < -0.3 is 10.5 Å². The van der Waals surface area contributed by atoms with Crippen molar-refractivity contribution in [3.8, 4) is 5.75 Å². The maximum atomic E-state index is 6.44. The second-order valence-electron chi connectivity index (χ2n) is 5.53. The van der Waals surface area contributed by atoms with E-state index >= 15 is 0 Å². The van der Waals surface area contributed by atoms with Gasteiger partial charge in [-0.2, -0.15) is 0 Å². The number of ether oxygens (including phenoxy) is 1. The lowest BCUT2D eigenvalue weighted by Crippen LogP contribution is -2.50. The van der Waals surface area contributed by atoms with E-state index in [0.717, 1.165) is 30.4 Å². The fraction of sp³-hybridized carbons (Fsp3) is 0.600. The van der Waals surface area contributed by atoms with E-state index in [-0.39, 0.29) is 5.54 Å². The Labute approximate surface area is 104 Å². The first kappa shape index (κ1) is 12.4. The molecule has 0 atom stereocenters. The van der Waals surface area contributed by atoms with Crippen LogP contribution in [0.1, 0.15) is 39.2 Å². The molecule has 17 heavy (non-hydrogen) atoms. The summed E-state index contributed by atoms with van der Waals surface area (Å²) in [4.78, 5) is 0. The van der Waals surface area contributed by atoms with Crippen molar-refractivity contribution in [2.75, 3.05) is 6.61 Å². The number of hydrogen-bond acceptors (Lipinski definition) is 2. The van der Waals surface area contributed by atoms with Gasteiger partial charge >= 0.3 is 0 Å². The predicted octanol–water partition coefficient (Wildman–Crippen LogP) is 3.31. The lowest BCUT2D eigenvalue weighted by Gasteiger charge is -2.47. The van der Waals surface area contributed by atoms with Crippen molar-refractivity contribution in [2.24, 2.45) is 17.6 Å². The van der Waals surface area contributed by atoms with Gasteiger partial charge in [-0.05, 0) is 49.3 Å². The third-order valence-corrected chi connectivity index (χ3v) is 3.94. The molecule has 1 aromatic carbocycles. The Kier molecular flexibility index (Phi) is 3.43. The van der Waals surface area contributed by atoms with E-state index in [1.54, 1.807) is 0 Å². The lowest BCUT2D eigenvalue weighted by atomic mass is 9.62. The third kappa shape index (κ3) is 2.47. The molecule has 0 saturated heterocycles. The normalized spacial score (nSPS) is 27.9. The summed E-state index contributed by atoms with van der Waals surface area (Å²) in [6.45, 7) is 7.27. The first-order chi connectivity index (χ1) is 8.05. The zero-order chi connectivity index (χ0) is 12.5. The van der Waals surface area contributed by atoms with E-state index in [9.17, 15) is 0 Å². The number of benzene rings is 1. The quantitative estimate of drug-likeness (QED) is 0.866. The van der Waals surface area contributed by atoms with Gasteiger partial charge in [-0.15, -0.1) is 0 Å². The molecule has 2 nitrogen and oxygen atoms in total. The molecule has 94 valence electrons. The van der Waals surface area contributed by atoms with Gasteiger partial charge in [0.05, 0.1) is 6.61 Å². The van der Waals surface area contributed by atoms with Gasteiger partial charge in [0, 0.05) is 5.54 Å². The molecule has 2 heteroatoms. The van der Waals surface area contributed by atoms with Crippen LogP contribution in [0.2, 0.25) is 0 Å². The molecule has 1 aromatic rings. The maximum absolute atomic E-state index is 6.44. The molecule has 0 bridgehead atoms. The highest BCUT2D eigenvalue weighted by Gasteiger charge is 2.43. The summed E-state index contributed by atoms with van der Waals surface area (Å²) in [7, 11) is 0. The van der Waals surface area contributed by atoms with Crippen molar-refractivity contribution in [1.82, 2.24) is 0 Å². The van der Waals surface area contributed by atoms with Gasteiger partial charge in [0.2, 0.25) is 0 Å². The van der Waals surface area contributed by atoms with Gasteiger partial charge in [-0.1, -0.05) is 26.0 Å². The van der Waals surface area contributed by atoms with Gasteiger partial charge in [-0.25, -0.2) is 0 Å². The van der Waals surface area contributed by atoms with Gasteiger partial charge in [0.15, 0.2) is 0 Å². The van der Waals surface area contributed by atoms with Crippen LogP contribution in [0.15, 0.2) is 24.3 Å². The smallest absolute Gasteiger partial charge is 0.119 e. The van der Waals surface area contributed by atoms with Gasteiger partial charge in [-0.3, -0.25) is 0 Å². The Bertz CT molecular complexity index is 363. The minimum atomic E-state index is -0.0975. The van der Waals surface area contributed by atoms with Crippen LogP contribution < -0.4 is 10.5 Å². The summed E-state index contributed by atoms with van der Waals surface area (Å²) in [6.07, 6.45) is 2.22. The molecule has 0 unspecified atom stereocenters. The molecule has 0 aromatic heterocycles. The van der Waals surface area contributed by atoms with Crippen LogP contribution in [0.4, 0.5) is 0 Å². The second-order valence-corrected chi connectivity index (χ2v) is 5.53. The van der Waals surface area contributed by atoms with Crippen LogP contribution in [0.25, 0.3) is 0 Å². The van der Waals surface area contributed by atoms with Crippen molar-refractivity contribution in [3.05, 3.63) is 29.8 Å². The Morgan fingerprint density at radius 2 is 1.88 bits per heavy atom. The minimum absolute atomic E-state index is 0.0975. The van der Waals surface area contributed by atoms with E-state index < -0.39 is 0 Å². The van der Waals surface area contributed by atoms with Crippen LogP contribution in [0.5, 0.6) is 5.75 Å². The molecule has 0 amide bonds. The molecule has 0 heterocycles. The second kappa shape index (κ2) is 4.69. The van der Waals surface area contributed by atoms with Crippen molar-refractivity contribution >= 4 is 0 Å². The average Bonchev–Trinajstić information content (AvgIpc) is 2.26. The van der Waals surface area contributed by atoms with Crippen LogP contribution in [0.3, 0.4) is 0 Å². The molecule has 0 radical (unpaired) electrons. The Morgan fingerprint density at radius 1 is 1.29 bits per heavy atom. The monoisotopic (exact) mass is 233 g/mol. The summed E-state index contributed by atoms with van der Waals surface area (Å²) in [6, 6.07) is 8.27. The molecule has 0 spiro atoms. The Hall–Kier alpha value is -1.02. The number of rotatable bonds is 4. The fourth-order valence-corrected chi connectivity index (χ4v) is 2.63. The van der Waals surface area contributed by atoms with Crippen molar-refractivity contribution in [2.45, 2.75) is 39.2 Å². The topological polar surface area (TPSA) is 35.2 Å². The molecule has 1 aliphatic rings. The molecule has 0 aliphatic heterocycles. The largest absolute Gasteiger partial charge is 0.494 e. The van der Waals surface area contributed by atoms with E-state index in [4.69, 9.17) is 10.5 Å². The first-order valence-electron chi connectivity index (χ1n) is 6.57. The first-order valence-corrected chi connectivity index (χ1v) is 6.57. The average molecular weight is 233 g/mol. The molecule has 1 saturated carbocycles. The molecule has 1 fully saturated rings. The SMILES string of the molecule is CCOc1ccc(C2(N)CC(C(C)C)C2)cc1. The molecule has 2 N–H and O–H groups in total. The zero-order valence-corrected chi connectivity index (χ0v) is 11.1. The van der Waals surface area contributed by atoms with E-state index in [1.807, 2.05) is 19.1 Å². The highest BCUT2D eigenvalue weighted by molar-refractivity contribution is 5.33. The number of nitrogens with two attached hydrogens (primary N) is 1. The number of hydrogen-bond donors (Lipinski definition) is 1. The van der Waals surface area contributed by atoms with Crippen molar-refractivity contribution in [1.29, 1.82) is 0 Å². The predicted molar refractivity (Wildman–Crippen MR) is 71.0 cm³/mol.